The lowest BCUT2D eigenvalue weighted by Gasteiger charge is -2.59. The van der Waals surface area contributed by atoms with Crippen LogP contribution in [0.25, 0.3) is 0 Å². The van der Waals surface area contributed by atoms with Crippen molar-refractivity contribution in [1.82, 2.24) is 0 Å². The number of hydrogen-bond donors (Lipinski definition) is 2. The highest BCUT2D eigenvalue weighted by molar-refractivity contribution is 5.26. The van der Waals surface area contributed by atoms with E-state index < -0.39 is 11.2 Å². The van der Waals surface area contributed by atoms with Gasteiger partial charge < -0.3 is 10.2 Å². The topological polar surface area (TPSA) is 40.5 Å². The summed E-state index contributed by atoms with van der Waals surface area (Å²) in [5, 5.41) is 21.3. The van der Waals surface area contributed by atoms with Crippen LogP contribution in [0.4, 0.5) is 0 Å². The summed E-state index contributed by atoms with van der Waals surface area (Å²) in [6, 6.07) is 0. The van der Waals surface area contributed by atoms with Crippen LogP contribution in [0.2, 0.25) is 0 Å². The SMILES string of the molecule is C/C=C\C(C)(O)CC[C@@H](C)[C@H]1CC[C@H]2[C@@H]3CC=C4C[C@@](C)(O)CC[C@]4(C)[C@H]3CC[C@]12C. The van der Waals surface area contributed by atoms with Gasteiger partial charge in [-0.1, -0.05) is 44.6 Å². The van der Waals surface area contributed by atoms with Gasteiger partial charge in [0.1, 0.15) is 0 Å². The number of rotatable bonds is 5. The summed E-state index contributed by atoms with van der Waals surface area (Å²) in [6.45, 7) is 13.6. The molecule has 2 nitrogen and oxygen atoms in total. The molecule has 0 amide bonds. The van der Waals surface area contributed by atoms with Crippen LogP contribution in [0.1, 0.15) is 106 Å². The summed E-state index contributed by atoms with van der Waals surface area (Å²) in [7, 11) is 0. The van der Waals surface area contributed by atoms with Crippen LogP contribution in [0, 0.1) is 40.4 Å². The Labute approximate surface area is 191 Å². The Morgan fingerprint density at radius 3 is 2.58 bits per heavy atom. The third-order valence-corrected chi connectivity index (χ3v) is 10.8. The molecule has 0 saturated heterocycles. The third-order valence-electron chi connectivity index (χ3n) is 10.8. The quantitative estimate of drug-likeness (QED) is 0.460. The maximum Gasteiger partial charge on any atom is 0.0799 e. The summed E-state index contributed by atoms with van der Waals surface area (Å²) in [5.74, 6) is 3.97. The molecule has 0 radical (unpaired) electrons. The molecule has 0 heterocycles. The average Bonchev–Trinajstić information content (AvgIpc) is 3.04. The minimum atomic E-state index is -0.666. The van der Waals surface area contributed by atoms with Gasteiger partial charge in [0.25, 0.3) is 0 Å². The van der Waals surface area contributed by atoms with Crippen molar-refractivity contribution in [3.63, 3.8) is 0 Å². The first kappa shape index (κ1) is 23.6. The van der Waals surface area contributed by atoms with Gasteiger partial charge >= 0.3 is 0 Å². The first-order chi connectivity index (χ1) is 14.4. The van der Waals surface area contributed by atoms with Crippen LogP contribution >= 0.6 is 0 Å². The van der Waals surface area contributed by atoms with Crippen molar-refractivity contribution in [2.75, 3.05) is 0 Å². The van der Waals surface area contributed by atoms with Gasteiger partial charge in [0.2, 0.25) is 0 Å². The fourth-order valence-electron chi connectivity index (χ4n) is 8.94. The van der Waals surface area contributed by atoms with Crippen LogP contribution in [0.5, 0.6) is 0 Å². The van der Waals surface area contributed by atoms with Crippen LogP contribution in [0.3, 0.4) is 0 Å². The van der Waals surface area contributed by atoms with Crippen molar-refractivity contribution in [1.29, 1.82) is 0 Å². The minimum Gasteiger partial charge on any atom is -0.390 e. The fraction of sp³-hybridized carbons (Fsp3) is 0.862. The van der Waals surface area contributed by atoms with E-state index >= 15 is 0 Å². The van der Waals surface area contributed by atoms with Crippen LogP contribution in [-0.2, 0) is 0 Å². The Balaban J connectivity index is 1.49. The highest BCUT2D eigenvalue weighted by Gasteiger charge is 2.59. The van der Waals surface area contributed by atoms with E-state index in [1.807, 2.05) is 32.9 Å². The Hall–Kier alpha value is -0.600. The van der Waals surface area contributed by atoms with Gasteiger partial charge in [-0.25, -0.2) is 0 Å². The zero-order valence-electron chi connectivity index (χ0n) is 21.1. The summed E-state index contributed by atoms with van der Waals surface area (Å²) < 4.78 is 0. The van der Waals surface area contributed by atoms with Crippen molar-refractivity contribution in [3.05, 3.63) is 23.8 Å². The van der Waals surface area contributed by atoms with Crippen molar-refractivity contribution < 1.29 is 10.2 Å². The highest BCUT2D eigenvalue weighted by Crippen LogP contribution is 2.67. The Bertz CT molecular complexity index is 731. The van der Waals surface area contributed by atoms with Gasteiger partial charge in [-0.05, 0) is 125 Å². The second kappa shape index (κ2) is 8.01. The van der Waals surface area contributed by atoms with E-state index in [-0.39, 0.29) is 0 Å². The van der Waals surface area contributed by atoms with E-state index in [1.54, 1.807) is 5.57 Å². The van der Waals surface area contributed by atoms with E-state index in [9.17, 15) is 10.2 Å². The van der Waals surface area contributed by atoms with E-state index in [4.69, 9.17) is 0 Å². The van der Waals surface area contributed by atoms with Gasteiger partial charge in [0.05, 0.1) is 11.2 Å². The number of hydrogen-bond acceptors (Lipinski definition) is 2. The zero-order chi connectivity index (χ0) is 22.7. The van der Waals surface area contributed by atoms with Crippen LogP contribution in [0.15, 0.2) is 23.8 Å². The van der Waals surface area contributed by atoms with E-state index in [0.717, 1.165) is 55.8 Å². The van der Waals surface area contributed by atoms with E-state index in [1.165, 1.54) is 32.1 Å². The smallest absolute Gasteiger partial charge is 0.0799 e. The lowest BCUT2D eigenvalue weighted by molar-refractivity contribution is -0.0711. The number of allylic oxidation sites excluding steroid dienone is 2. The maximum absolute atomic E-state index is 10.7. The molecule has 9 atom stereocenters. The molecule has 4 rings (SSSR count). The van der Waals surface area contributed by atoms with Gasteiger partial charge in [0, 0.05) is 0 Å². The largest absolute Gasteiger partial charge is 0.390 e. The standard InChI is InChI=1S/C29H48O2/c1-7-14-26(3,30)15-12-20(2)23-10-11-24-22-9-8-21-19-27(4,31)17-18-28(21,5)25(22)13-16-29(23,24)6/h7-8,14,20,22-25,30-31H,9-13,15-19H2,1-6H3/b14-7-/t20-,22+,23-,24+,25+,26?,27+,28+,29-/m1/s1. The lowest BCUT2D eigenvalue weighted by atomic mass is 9.46. The second-order valence-electron chi connectivity index (χ2n) is 13.0. The zero-order valence-corrected chi connectivity index (χ0v) is 21.1. The monoisotopic (exact) mass is 428 g/mol. The number of fused-ring (bicyclic) bond motifs is 5. The molecule has 2 heteroatoms. The van der Waals surface area contributed by atoms with Gasteiger partial charge in [0.15, 0.2) is 0 Å². The molecule has 0 spiro atoms. The molecule has 4 aliphatic rings. The van der Waals surface area contributed by atoms with Crippen LogP contribution in [-0.4, -0.2) is 21.4 Å². The van der Waals surface area contributed by atoms with Crippen LogP contribution < -0.4 is 0 Å². The average molecular weight is 429 g/mol. The number of aliphatic hydroxyl groups is 2. The summed E-state index contributed by atoms with van der Waals surface area (Å²) in [5.41, 5.74) is 1.20. The maximum atomic E-state index is 10.7. The minimum absolute atomic E-state index is 0.321. The summed E-state index contributed by atoms with van der Waals surface area (Å²) in [6.07, 6.45) is 18.2. The molecule has 3 saturated carbocycles. The van der Waals surface area contributed by atoms with Gasteiger partial charge in [-0.3, -0.25) is 0 Å². The first-order valence-corrected chi connectivity index (χ1v) is 13.2. The molecular formula is C29H48O2. The van der Waals surface area contributed by atoms with Crippen molar-refractivity contribution in [2.45, 2.75) is 117 Å². The molecule has 31 heavy (non-hydrogen) atoms. The molecular weight excluding hydrogens is 380 g/mol. The normalized spacial score (nSPS) is 47.8. The third kappa shape index (κ3) is 4.10. The van der Waals surface area contributed by atoms with Crippen molar-refractivity contribution in [3.8, 4) is 0 Å². The summed E-state index contributed by atoms with van der Waals surface area (Å²) in [4.78, 5) is 0. The van der Waals surface area contributed by atoms with E-state index in [2.05, 4.69) is 26.8 Å². The fourth-order valence-corrected chi connectivity index (χ4v) is 8.94. The molecule has 1 unspecified atom stereocenters. The summed E-state index contributed by atoms with van der Waals surface area (Å²) >= 11 is 0. The van der Waals surface area contributed by atoms with E-state index in [0.29, 0.717) is 16.7 Å². The molecule has 176 valence electrons. The molecule has 0 aromatic rings. The molecule has 0 aromatic carbocycles. The lowest BCUT2D eigenvalue weighted by Crippen LogP contribution is -2.52. The molecule has 0 aromatic heterocycles. The highest BCUT2D eigenvalue weighted by atomic mass is 16.3. The van der Waals surface area contributed by atoms with Gasteiger partial charge in [-0.2, -0.15) is 0 Å². The Kier molecular flexibility index (Phi) is 6.09. The molecule has 0 aliphatic heterocycles. The predicted molar refractivity (Wildman–Crippen MR) is 130 cm³/mol. The molecule has 2 N–H and O–H groups in total. The second-order valence-corrected chi connectivity index (χ2v) is 13.0. The predicted octanol–water partition coefficient (Wildman–Crippen LogP) is 7.06. The molecule has 4 aliphatic carbocycles. The Morgan fingerprint density at radius 2 is 1.87 bits per heavy atom. The Morgan fingerprint density at radius 1 is 1.13 bits per heavy atom. The molecule has 3 fully saturated rings. The first-order valence-electron chi connectivity index (χ1n) is 13.2. The van der Waals surface area contributed by atoms with Gasteiger partial charge in [-0.15, -0.1) is 0 Å². The van der Waals surface area contributed by atoms with Crippen molar-refractivity contribution >= 4 is 0 Å². The van der Waals surface area contributed by atoms with Crippen molar-refractivity contribution in [2.24, 2.45) is 40.4 Å². The molecule has 0 bridgehead atoms.